The second-order valence-electron chi connectivity index (χ2n) is 4.37. The minimum Gasteiger partial charge on any atom is -0.310 e. The molecule has 0 aliphatic heterocycles. The van der Waals surface area contributed by atoms with Crippen molar-refractivity contribution in [2.24, 2.45) is 0 Å². The van der Waals surface area contributed by atoms with Gasteiger partial charge in [-0.15, -0.1) is 23.1 Å². The van der Waals surface area contributed by atoms with E-state index in [1.807, 2.05) is 11.8 Å². The van der Waals surface area contributed by atoms with Gasteiger partial charge in [-0.05, 0) is 53.2 Å². The van der Waals surface area contributed by atoms with Gasteiger partial charge in [0.2, 0.25) is 0 Å². The number of thioether (sulfide) groups is 1. The lowest BCUT2D eigenvalue weighted by Crippen LogP contribution is -2.17. The van der Waals surface area contributed by atoms with Gasteiger partial charge < -0.3 is 5.32 Å². The topological polar surface area (TPSA) is 12.0 Å². The van der Waals surface area contributed by atoms with Gasteiger partial charge in [-0.25, -0.2) is 0 Å². The Labute approximate surface area is 131 Å². The molecule has 2 rings (SSSR count). The quantitative estimate of drug-likeness (QED) is 0.689. The van der Waals surface area contributed by atoms with Gasteiger partial charge >= 0.3 is 0 Å². The van der Waals surface area contributed by atoms with E-state index in [4.69, 9.17) is 0 Å². The third-order valence-electron chi connectivity index (χ3n) is 2.89. The van der Waals surface area contributed by atoms with Crippen LogP contribution in [-0.2, 0) is 5.75 Å². The second-order valence-corrected chi connectivity index (χ2v) is 7.33. The van der Waals surface area contributed by atoms with Crippen LogP contribution in [0.3, 0.4) is 0 Å². The number of nitrogens with one attached hydrogen (secondary N) is 1. The summed E-state index contributed by atoms with van der Waals surface area (Å²) in [5, 5.41) is 5.57. The molecule has 0 saturated carbocycles. The van der Waals surface area contributed by atoms with Crippen molar-refractivity contribution in [1.29, 1.82) is 0 Å². The van der Waals surface area contributed by atoms with Gasteiger partial charge in [0.25, 0.3) is 0 Å². The first-order valence-electron chi connectivity index (χ1n) is 6.38. The molecule has 102 valence electrons. The van der Waals surface area contributed by atoms with E-state index in [-0.39, 0.29) is 0 Å². The van der Waals surface area contributed by atoms with Crippen LogP contribution < -0.4 is 5.32 Å². The van der Waals surface area contributed by atoms with Crippen LogP contribution in [-0.4, -0.2) is 6.54 Å². The molecule has 4 heteroatoms. The van der Waals surface area contributed by atoms with Crippen molar-refractivity contribution in [3.8, 4) is 0 Å². The molecule has 0 bridgehead atoms. The standard InChI is InChI=1S/C15H18BrNS2/c1-3-17-11(2)12-4-6-14(7-5-12)19-10-15-8-13(16)9-18-15/h4-9,11,17H,3,10H2,1-2H3. The fourth-order valence-corrected chi connectivity index (χ4v) is 4.27. The molecule has 1 N–H and O–H groups in total. The normalized spacial score (nSPS) is 12.6. The van der Waals surface area contributed by atoms with Gasteiger partial charge in [0.05, 0.1) is 0 Å². The Morgan fingerprint density at radius 2 is 2.05 bits per heavy atom. The smallest absolute Gasteiger partial charge is 0.0326 e. The van der Waals surface area contributed by atoms with Crippen molar-refractivity contribution in [1.82, 2.24) is 5.32 Å². The summed E-state index contributed by atoms with van der Waals surface area (Å²) in [4.78, 5) is 2.74. The van der Waals surface area contributed by atoms with Crippen molar-refractivity contribution in [2.75, 3.05) is 6.54 Å². The second kappa shape index (κ2) is 7.48. The molecule has 1 heterocycles. The van der Waals surface area contributed by atoms with E-state index in [2.05, 4.69) is 70.8 Å². The van der Waals surface area contributed by atoms with Gasteiger partial charge in [-0.3, -0.25) is 0 Å². The maximum Gasteiger partial charge on any atom is 0.0326 e. The number of hydrogen-bond donors (Lipinski definition) is 1. The monoisotopic (exact) mass is 355 g/mol. The molecule has 0 fully saturated rings. The molecule has 0 amide bonds. The summed E-state index contributed by atoms with van der Waals surface area (Å²) in [5.74, 6) is 1.04. The van der Waals surface area contributed by atoms with Gasteiger partial charge in [0.1, 0.15) is 0 Å². The fourth-order valence-electron chi connectivity index (χ4n) is 1.86. The molecule has 0 aliphatic carbocycles. The zero-order chi connectivity index (χ0) is 13.7. The van der Waals surface area contributed by atoms with E-state index in [9.17, 15) is 0 Å². The van der Waals surface area contributed by atoms with E-state index in [0.717, 1.165) is 12.3 Å². The average Bonchev–Trinajstić information content (AvgIpc) is 2.83. The molecule has 1 aromatic carbocycles. The van der Waals surface area contributed by atoms with E-state index >= 15 is 0 Å². The van der Waals surface area contributed by atoms with Crippen LogP contribution in [0.25, 0.3) is 0 Å². The largest absolute Gasteiger partial charge is 0.310 e. The predicted molar refractivity (Wildman–Crippen MR) is 90.1 cm³/mol. The predicted octanol–water partition coefficient (Wildman–Crippen LogP) is 5.47. The first-order chi connectivity index (χ1) is 9.19. The highest BCUT2D eigenvalue weighted by Gasteiger charge is 2.04. The van der Waals surface area contributed by atoms with Crippen molar-refractivity contribution >= 4 is 39.0 Å². The van der Waals surface area contributed by atoms with Crippen LogP contribution >= 0.6 is 39.0 Å². The Hall–Kier alpha value is -0.290. The molecule has 1 nitrogen and oxygen atoms in total. The molecule has 0 saturated heterocycles. The fraction of sp³-hybridized carbons (Fsp3) is 0.333. The Balaban J connectivity index is 1.91. The van der Waals surface area contributed by atoms with Gasteiger partial charge in [0, 0.05) is 31.4 Å². The third-order valence-corrected chi connectivity index (χ3v) is 5.83. The van der Waals surface area contributed by atoms with E-state index in [1.54, 1.807) is 11.3 Å². The van der Waals surface area contributed by atoms with Gasteiger partial charge in [-0.2, -0.15) is 0 Å². The molecule has 0 aliphatic rings. The van der Waals surface area contributed by atoms with Crippen LogP contribution in [0.1, 0.15) is 30.3 Å². The lowest BCUT2D eigenvalue weighted by Gasteiger charge is -2.12. The molecule has 0 radical (unpaired) electrons. The molecule has 19 heavy (non-hydrogen) atoms. The highest BCUT2D eigenvalue weighted by molar-refractivity contribution is 9.10. The van der Waals surface area contributed by atoms with Gasteiger partial charge in [-0.1, -0.05) is 19.1 Å². The number of hydrogen-bond acceptors (Lipinski definition) is 3. The minimum atomic E-state index is 0.428. The van der Waals surface area contributed by atoms with E-state index in [1.165, 1.54) is 19.8 Å². The van der Waals surface area contributed by atoms with Crippen molar-refractivity contribution in [3.63, 3.8) is 0 Å². The minimum absolute atomic E-state index is 0.428. The molecular weight excluding hydrogens is 338 g/mol. The molecule has 2 aromatic rings. The summed E-state index contributed by atoms with van der Waals surface area (Å²) < 4.78 is 1.18. The summed E-state index contributed by atoms with van der Waals surface area (Å²) in [6.45, 7) is 5.35. The highest BCUT2D eigenvalue weighted by Crippen LogP contribution is 2.28. The Kier molecular flexibility index (Phi) is 5.95. The molecule has 1 atom stereocenters. The van der Waals surface area contributed by atoms with E-state index in [0.29, 0.717) is 6.04 Å². The maximum atomic E-state index is 3.49. The Morgan fingerprint density at radius 3 is 2.63 bits per heavy atom. The molecule has 1 unspecified atom stereocenters. The lowest BCUT2D eigenvalue weighted by molar-refractivity contribution is 0.598. The van der Waals surface area contributed by atoms with Crippen LogP contribution in [0, 0.1) is 0 Å². The lowest BCUT2D eigenvalue weighted by atomic mass is 10.1. The van der Waals surface area contributed by atoms with E-state index < -0.39 is 0 Å². The molecular formula is C15H18BrNS2. The Morgan fingerprint density at radius 1 is 1.32 bits per heavy atom. The number of rotatable bonds is 6. The van der Waals surface area contributed by atoms with Crippen molar-refractivity contribution < 1.29 is 0 Å². The zero-order valence-electron chi connectivity index (χ0n) is 11.2. The summed E-state index contributed by atoms with van der Waals surface area (Å²) in [5.41, 5.74) is 1.35. The summed E-state index contributed by atoms with van der Waals surface area (Å²) in [6, 6.07) is 11.5. The third kappa shape index (κ3) is 4.63. The number of benzene rings is 1. The number of halogens is 1. The van der Waals surface area contributed by atoms with Crippen LogP contribution in [0.4, 0.5) is 0 Å². The first-order valence-corrected chi connectivity index (χ1v) is 9.04. The summed E-state index contributed by atoms with van der Waals surface area (Å²) >= 11 is 7.19. The highest BCUT2D eigenvalue weighted by atomic mass is 79.9. The van der Waals surface area contributed by atoms with Gasteiger partial charge in [0.15, 0.2) is 0 Å². The molecule has 1 aromatic heterocycles. The Bertz CT molecular complexity index is 507. The average molecular weight is 356 g/mol. The maximum absolute atomic E-state index is 3.49. The summed E-state index contributed by atoms with van der Waals surface area (Å²) in [7, 11) is 0. The SMILES string of the molecule is CCNC(C)c1ccc(SCc2cc(Br)cs2)cc1. The van der Waals surface area contributed by atoms with Crippen LogP contribution in [0.5, 0.6) is 0 Å². The number of thiophene rings is 1. The zero-order valence-corrected chi connectivity index (χ0v) is 14.4. The molecule has 0 spiro atoms. The van der Waals surface area contributed by atoms with Crippen molar-refractivity contribution in [3.05, 3.63) is 50.6 Å². The summed E-state index contributed by atoms with van der Waals surface area (Å²) in [6.07, 6.45) is 0. The van der Waals surface area contributed by atoms with Crippen LogP contribution in [0.15, 0.2) is 45.1 Å². The van der Waals surface area contributed by atoms with Crippen LogP contribution in [0.2, 0.25) is 0 Å². The first kappa shape index (κ1) is 15.1. The van der Waals surface area contributed by atoms with Crippen molar-refractivity contribution in [2.45, 2.75) is 30.5 Å².